The Kier molecular flexibility index (Phi) is 3.45. The number of hydrogen-bond donors (Lipinski definition) is 1. The van der Waals surface area contributed by atoms with Crippen LogP contribution in [0.25, 0.3) is 0 Å². The van der Waals surface area contributed by atoms with Gasteiger partial charge in [0.05, 0.1) is 11.6 Å². The van der Waals surface area contributed by atoms with Gasteiger partial charge in [0.15, 0.2) is 0 Å². The third-order valence-corrected chi connectivity index (χ3v) is 4.73. The van der Waals surface area contributed by atoms with Gasteiger partial charge in [0.2, 0.25) is 0 Å². The molecule has 1 atom stereocenters. The van der Waals surface area contributed by atoms with Crippen LogP contribution in [-0.4, -0.2) is 54.4 Å². The normalized spacial score (nSPS) is 25.1. The molecule has 0 aliphatic carbocycles. The van der Waals surface area contributed by atoms with E-state index >= 15 is 0 Å². The summed E-state index contributed by atoms with van der Waals surface area (Å²) in [5.74, 6) is 0. The minimum Gasteiger partial charge on any atom is -0.389 e. The Morgan fingerprint density at radius 1 is 1.40 bits per heavy atom. The average Bonchev–Trinajstić information content (AvgIpc) is 2.49. The van der Waals surface area contributed by atoms with Crippen molar-refractivity contribution in [2.45, 2.75) is 38.3 Å². The number of nitrogens with zero attached hydrogens (tertiary/aromatic N) is 2. The molecular formula is C9H20N2O3S. The van der Waals surface area contributed by atoms with Crippen LogP contribution in [0.2, 0.25) is 0 Å². The highest BCUT2D eigenvalue weighted by molar-refractivity contribution is 7.86. The van der Waals surface area contributed by atoms with E-state index in [2.05, 4.69) is 0 Å². The molecule has 5 nitrogen and oxygen atoms in total. The summed E-state index contributed by atoms with van der Waals surface area (Å²) in [5, 5.41) is 9.91. The first-order chi connectivity index (χ1) is 6.67. The van der Waals surface area contributed by atoms with E-state index in [-0.39, 0.29) is 6.04 Å². The topological polar surface area (TPSA) is 60.9 Å². The summed E-state index contributed by atoms with van der Waals surface area (Å²) >= 11 is 0. The third-order valence-electron chi connectivity index (χ3n) is 2.78. The van der Waals surface area contributed by atoms with Crippen molar-refractivity contribution in [2.24, 2.45) is 0 Å². The zero-order valence-corrected chi connectivity index (χ0v) is 10.6. The molecule has 0 amide bonds. The number of aliphatic hydroxyl groups is 1. The Labute approximate surface area is 91.9 Å². The summed E-state index contributed by atoms with van der Waals surface area (Å²) in [5.41, 5.74) is -0.987. The van der Waals surface area contributed by atoms with E-state index < -0.39 is 15.8 Å². The van der Waals surface area contributed by atoms with E-state index in [4.69, 9.17) is 0 Å². The molecule has 0 spiro atoms. The second kappa shape index (κ2) is 4.01. The molecule has 0 aromatic rings. The minimum atomic E-state index is -3.40. The second-order valence-electron chi connectivity index (χ2n) is 4.71. The van der Waals surface area contributed by atoms with Crippen molar-refractivity contribution in [3.05, 3.63) is 0 Å². The van der Waals surface area contributed by atoms with E-state index in [1.807, 2.05) is 0 Å². The molecule has 0 radical (unpaired) electrons. The lowest BCUT2D eigenvalue weighted by Gasteiger charge is -2.34. The molecule has 1 aliphatic rings. The molecule has 1 heterocycles. The highest BCUT2D eigenvalue weighted by Gasteiger charge is 2.42. The van der Waals surface area contributed by atoms with Gasteiger partial charge in [0.25, 0.3) is 10.2 Å². The molecule has 0 aromatic carbocycles. The predicted molar refractivity (Wildman–Crippen MR) is 58.6 cm³/mol. The molecule has 0 saturated carbocycles. The molecule has 1 fully saturated rings. The molecule has 1 N–H and O–H groups in total. The van der Waals surface area contributed by atoms with E-state index in [9.17, 15) is 13.5 Å². The highest BCUT2D eigenvalue weighted by atomic mass is 32.2. The molecule has 6 heteroatoms. The summed E-state index contributed by atoms with van der Waals surface area (Å²) in [6, 6.07) is -0.315. The fourth-order valence-electron chi connectivity index (χ4n) is 1.93. The molecule has 1 aliphatic heterocycles. The Morgan fingerprint density at radius 2 is 1.93 bits per heavy atom. The van der Waals surface area contributed by atoms with Gasteiger partial charge in [-0.1, -0.05) is 0 Å². The molecule has 1 unspecified atom stereocenters. The van der Waals surface area contributed by atoms with E-state index in [1.165, 1.54) is 22.7 Å². The molecule has 1 saturated heterocycles. The van der Waals surface area contributed by atoms with Crippen molar-refractivity contribution >= 4 is 10.2 Å². The van der Waals surface area contributed by atoms with Crippen LogP contribution in [-0.2, 0) is 10.2 Å². The molecule has 1 rings (SSSR count). The monoisotopic (exact) mass is 236 g/mol. The lowest BCUT2D eigenvalue weighted by molar-refractivity contribution is 0.0203. The largest absolute Gasteiger partial charge is 0.389 e. The molecule has 90 valence electrons. The molecule has 0 bridgehead atoms. The van der Waals surface area contributed by atoms with E-state index in [0.717, 1.165) is 12.8 Å². The maximum atomic E-state index is 11.9. The average molecular weight is 236 g/mol. The quantitative estimate of drug-likeness (QED) is 0.752. The maximum absolute atomic E-state index is 11.9. The minimum absolute atomic E-state index is 0.315. The van der Waals surface area contributed by atoms with Crippen LogP contribution >= 0.6 is 0 Å². The lowest BCUT2D eigenvalue weighted by Crippen LogP contribution is -2.51. The Balaban J connectivity index is 2.97. The van der Waals surface area contributed by atoms with Gasteiger partial charge in [-0.2, -0.15) is 17.0 Å². The summed E-state index contributed by atoms with van der Waals surface area (Å²) < 4.78 is 26.4. The van der Waals surface area contributed by atoms with Gasteiger partial charge < -0.3 is 5.11 Å². The highest BCUT2D eigenvalue weighted by Crippen LogP contribution is 2.29. The summed E-state index contributed by atoms with van der Waals surface area (Å²) in [6.07, 6.45) is 1.53. The SMILES string of the molecule is CN(C)S(=O)(=O)N1CCCC1C(C)(C)O. The summed E-state index contributed by atoms with van der Waals surface area (Å²) in [7, 11) is -0.384. The lowest BCUT2D eigenvalue weighted by atomic mass is 9.98. The fourth-order valence-corrected chi connectivity index (χ4v) is 3.40. The third kappa shape index (κ3) is 2.50. The Bertz CT molecular complexity index is 319. The fraction of sp³-hybridized carbons (Fsp3) is 1.00. The summed E-state index contributed by atoms with van der Waals surface area (Å²) in [6.45, 7) is 3.80. The van der Waals surface area contributed by atoms with Gasteiger partial charge >= 0.3 is 0 Å². The van der Waals surface area contributed by atoms with Crippen LogP contribution in [0, 0.1) is 0 Å². The van der Waals surface area contributed by atoms with Gasteiger partial charge in [-0.05, 0) is 26.7 Å². The molecule has 15 heavy (non-hydrogen) atoms. The van der Waals surface area contributed by atoms with Crippen molar-refractivity contribution in [2.75, 3.05) is 20.6 Å². The zero-order valence-electron chi connectivity index (χ0n) is 9.77. The van der Waals surface area contributed by atoms with Crippen molar-refractivity contribution < 1.29 is 13.5 Å². The van der Waals surface area contributed by atoms with Crippen molar-refractivity contribution in [3.8, 4) is 0 Å². The van der Waals surface area contributed by atoms with Gasteiger partial charge in [0.1, 0.15) is 0 Å². The Morgan fingerprint density at radius 3 is 2.33 bits per heavy atom. The first-order valence-electron chi connectivity index (χ1n) is 5.09. The first-order valence-corrected chi connectivity index (χ1v) is 6.48. The van der Waals surface area contributed by atoms with Crippen LogP contribution in [0.3, 0.4) is 0 Å². The standard InChI is InChI=1S/C9H20N2O3S/c1-9(2,12)8-6-5-7-11(8)15(13,14)10(3)4/h8,12H,5-7H2,1-4H3. The van der Waals surface area contributed by atoms with Crippen molar-refractivity contribution in [1.29, 1.82) is 0 Å². The van der Waals surface area contributed by atoms with Crippen molar-refractivity contribution in [1.82, 2.24) is 8.61 Å². The van der Waals surface area contributed by atoms with Crippen LogP contribution in [0.1, 0.15) is 26.7 Å². The van der Waals surface area contributed by atoms with Crippen LogP contribution in [0.15, 0.2) is 0 Å². The van der Waals surface area contributed by atoms with E-state index in [1.54, 1.807) is 13.8 Å². The summed E-state index contributed by atoms with van der Waals surface area (Å²) in [4.78, 5) is 0. The van der Waals surface area contributed by atoms with Gasteiger partial charge in [-0.25, -0.2) is 0 Å². The van der Waals surface area contributed by atoms with E-state index in [0.29, 0.717) is 6.54 Å². The first kappa shape index (κ1) is 12.9. The van der Waals surface area contributed by atoms with Crippen LogP contribution < -0.4 is 0 Å². The predicted octanol–water partition coefficient (Wildman–Crippen LogP) is 0.0281. The van der Waals surface area contributed by atoms with Gasteiger partial charge in [-0.15, -0.1) is 0 Å². The molecule has 0 aromatic heterocycles. The Hall–Kier alpha value is -0.170. The van der Waals surface area contributed by atoms with Crippen molar-refractivity contribution in [3.63, 3.8) is 0 Å². The number of rotatable bonds is 3. The second-order valence-corrected chi connectivity index (χ2v) is 6.81. The van der Waals surface area contributed by atoms with Gasteiger partial charge in [-0.3, -0.25) is 0 Å². The molecular weight excluding hydrogens is 216 g/mol. The number of hydrogen-bond acceptors (Lipinski definition) is 3. The van der Waals surface area contributed by atoms with Crippen LogP contribution in [0.5, 0.6) is 0 Å². The smallest absolute Gasteiger partial charge is 0.281 e. The van der Waals surface area contributed by atoms with Crippen LogP contribution in [0.4, 0.5) is 0 Å². The zero-order chi connectivity index (χ0) is 11.9. The maximum Gasteiger partial charge on any atom is 0.281 e. The van der Waals surface area contributed by atoms with Gasteiger partial charge in [0, 0.05) is 20.6 Å².